The van der Waals surface area contributed by atoms with Gasteiger partial charge in [-0.3, -0.25) is 0 Å². The largest absolute Gasteiger partial charge is 0.392 e. The second-order valence-electron chi connectivity index (χ2n) is 2.26. The van der Waals surface area contributed by atoms with Gasteiger partial charge in [0.25, 0.3) is 0 Å². The summed E-state index contributed by atoms with van der Waals surface area (Å²) >= 11 is 9.10. The van der Waals surface area contributed by atoms with Crippen LogP contribution in [0.5, 0.6) is 0 Å². The van der Waals surface area contributed by atoms with Crippen LogP contribution in [0.4, 0.5) is 0 Å². The Morgan fingerprint density at radius 2 is 2.25 bits per heavy atom. The predicted molar refractivity (Wildman–Crippen MR) is 55.3 cm³/mol. The topological polar surface area (TPSA) is 20.2 Å². The molecule has 12 heavy (non-hydrogen) atoms. The number of halogens is 2. The van der Waals surface area contributed by atoms with Crippen molar-refractivity contribution in [2.24, 2.45) is 0 Å². The Morgan fingerprint density at radius 1 is 1.50 bits per heavy atom. The quantitative estimate of drug-likeness (QED) is 0.851. The van der Waals surface area contributed by atoms with E-state index >= 15 is 0 Å². The van der Waals surface area contributed by atoms with Crippen molar-refractivity contribution in [3.63, 3.8) is 0 Å². The molecule has 0 saturated carbocycles. The van der Waals surface area contributed by atoms with Crippen molar-refractivity contribution in [1.82, 2.24) is 0 Å². The van der Waals surface area contributed by atoms with E-state index in [2.05, 4.69) is 15.9 Å². The molecule has 0 aliphatic rings. The average Bonchev–Trinajstić information content (AvgIpc) is 2.07. The first kappa shape index (κ1) is 9.78. The van der Waals surface area contributed by atoms with Gasteiger partial charge in [0.15, 0.2) is 0 Å². The molecule has 0 amide bonds. The van der Waals surface area contributed by atoms with Crippen LogP contribution >= 0.6 is 27.5 Å². The van der Waals surface area contributed by atoms with Gasteiger partial charge in [-0.2, -0.15) is 0 Å². The van der Waals surface area contributed by atoms with E-state index in [0.29, 0.717) is 5.02 Å². The highest BCUT2D eigenvalue weighted by Crippen LogP contribution is 2.23. The molecule has 0 aromatic heterocycles. The van der Waals surface area contributed by atoms with Crippen LogP contribution in [0.3, 0.4) is 0 Å². The Hall–Kier alpha value is -0.310. The lowest BCUT2D eigenvalue weighted by molar-refractivity contribution is 0.343. The van der Waals surface area contributed by atoms with Gasteiger partial charge in [-0.1, -0.05) is 29.8 Å². The second-order valence-corrected chi connectivity index (χ2v) is 3.52. The molecular formula is C9H8BrClO. The molecule has 0 spiro atoms. The van der Waals surface area contributed by atoms with Crippen LogP contribution in [0.2, 0.25) is 5.02 Å². The molecule has 1 aromatic rings. The maximum atomic E-state index is 8.53. The van der Waals surface area contributed by atoms with Gasteiger partial charge in [0.05, 0.1) is 11.6 Å². The lowest BCUT2D eigenvalue weighted by Crippen LogP contribution is -1.75. The summed E-state index contributed by atoms with van der Waals surface area (Å²) in [6.45, 7) is 0.0558. The Morgan fingerprint density at radius 3 is 2.83 bits per heavy atom. The molecular weight excluding hydrogens is 239 g/mol. The van der Waals surface area contributed by atoms with Crippen LogP contribution in [0.1, 0.15) is 5.56 Å². The van der Waals surface area contributed by atoms with E-state index in [0.717, 1.165) is 10.0 Å². The van der Waals surface area contributed by atoms with Gasteiger partial charge in [-0.05, 0) is 33.6 Å². The lowest BCUT2D eigenvalue weighted by Gasteiger charge is -1.96. The molecule has 1 N–H and O–H groups in total. The molecule has 0 heterocycles. The van der Waals surface area contributed by atoms with Gasteiger partial charge in [-0.25, -0.2) is 0 Å². The van der Waals surface area contributed by atoms with E-state index in [1.165, 1.54) is 0 Å². The van der Waals surface area contributed by atoms with Crippen molar-refractivity contribution in [3.05, 3.63) is 39.3 Å². The third-order valence-electron chi connectivity index (χ3n) is 1.36. The summed E-state index contributed by atoms with van der Waals surface area (Å²) in [5.41, 5.74) is 1.01. The number of rotatable bonds is 2. The number of benzene rings is 1. The molecule has 0 radical (unpaired) electrons. The van der Waals surface area contributed by atoms with Crippen molar-refractivity contribution in [3.8, 4) is 0 Å². The highest BCUT2D eigenvalue weighted by molar-refractivity contribution is 9.10. The molecule has 0 fully saturated rings. The standard InChI is InChI=1S/C9H8BrClO/c10-8-6-7(2-1-5-12)3-4-9(8)11/h1-4,6,12H,5H2. The number of aliphatic hydroxyl groups excluding tert-OH is 1. The zero-order valence-corrected chi connectivity index (χ0v) is 8.64. The Bertz CT molecular complexity index is 297. The summed E-state index contributed by atoms with van der Waals surface area (Å²) in [5.74, 6) is 0. The maximum Gasteiger partial charge on any atom is 0.0615 e. The summed E-state index contributed by atoms with van der Waals surface area (Å²) in [6, 6.07) is 5.59. The zero-order valence-electron chi connectivity index (χ0n) is 6.30. The highest BCUT2D eigenvalue weighted by Gasteiger charge is 1.95. The fraction of sp³-hybridized carbons (Fsp3) is 0.111. The molecule has 0 atom stereocenters. The third kappa shape index (κ3) is 2.63. The second kappa shape index (κ2) is 4.65. The average molecular weight is 248 g/mol. The number of hydrogen-bond donors (Lipinski definition) is 1. The van der Waals surface area contributed by atoms with Gasteiger partial charge in [-0.15, -0.1) is 0 Å². The lowest BCUT2D eigenvalue weighted by atomic mass is 10.2. The van der Waals surface area contributed by atoms with Crippen molar-refractivity contribution in [2.45, 2.75) is 0 Å². The maximum absolute atomic E-state index is 8.53. The summed E-state index contributed by atoms with van der Waals surface area (Å²) in [7, 11) is 0. The van der Waals surface area contributed by atoms with Crippen molar-refractivity contribution in [2.75, 3.05) is 6.61 Å². The van der Waals surface area contributed by atoms with Crippen molar-refractivity contribution >= 4 is 33.6 Å². The molecule has 0 unspecified atom stereocenters. The van der Waals surface area contributed by atoms with Crippen molar-refractivity contribution in [1.29, 1.82) is 0 Å². The Kier molecular flexibility index (Phi) is 3.79. The van der Waals surface area contributed by atoms with E-state index < -0.39 is 0 Å². The minimum atomic E-state index is 0.0558. The van der Waals surface area contributed by atoms with Gasteiger partial charge < -0.3 is 5.11 Å². The smallest absolute Gasteiger partial charge is 0.0615 e. The van der Waals surface area contributed by atoms with Crippen LogP contribution in [-0.4, -0.2) is 11.7 Å². The molecule has 3 heteroatoms. The van der Waals surface area contributed by atoms with Gasteiger partial charge in [0, 0.05) is 4.47 Å². The van der Waals surface area contributed by atoms with Crippen LogP contribution in [0, 0.1) is 0 Å². The fourth-order valence-corrected chi connectivity index (χ4v) is 1.32. The minimum Gasteiger partial charge on any atom is -0.392 e. The number of hydrogen-bond acceptors (Lipinski definition) is 1. The number of aliphatic hydroxyl groups is 1. The summed E-state index contributed by atoms with van der Waals surface area (Å²) in [6.07, 6.45) is 3.51. The molecule has 0 aliphatic carbocycles. The van der Waals surface area contributed by atoms with Crippen LogP contribution in [0.15, 0.2) is 28.7 Å². The van der Waals surface area contributed by atoms with E-state index in [-0.39, 0.29) is 6.61 Å². The first-order valence-corrected chi connectivity index (χ1v) is 4.63. The SMILES string of the molecule is OCC=Cc1ccc(Cl)c(Br)c1. The fourth-order valence-electron chi connectivity index (χ4n) is 0.805. The Labute approximate surface area is 84.8 Å². The molecule has 0 aliphatic heterocycles. The monoisotopic (exact) mass is 246 g/mol. The normalized spacial score (nSPS) is 10.9. The van der Waals surface area contributed by atoms with Crippen LogP contribution < -0.4 is 0 Å². The molecule has 1 aromatic carbocycles. The van der Waals surface area contributed by atoms with Gasteiger partial charge in [0.1, 0.15) is 0 Å². The molecule has 1 nitrogen and oxygen atoms in total. The molecule has 0 saturated heterocycles. The highest BCUT2D eigenvalue weighted by atomic mass is 79.9. The Balaban J connectivity index is 2.89. The third-order valence-corrected chi connectivity index (χ3v) is 2.57. The van der Waals surface area contributed by atoms with Crippen molar-refractivity contribution < 1.29 is 5.11 Å². The molecule has 1 rings (SSSR count). The van der Waals surface area contributed by atoms with E-state index in [1.807, 2.05) is 24.3 Å². The van der Waals surface area contributed by atoms with E-state index in [9.17, 15) is 0 Å². The van der Waals surface area contributed by atoms with E-state index in [1.54, 1.807) is 6.08 Å². The van der Waals surface area contributed by atoms with Crippen LogP contribution in [-0.2, 0) is 0 Å². The first-order chi connectivity index (χ1) is 5.74. The van der Waals surface area contributed by atoms with Gasteiger partial charge in [0.2, 0.25) is 0 Å². The summed E-state index contributed by atoms with van der Waals surface area (Å²) in [5, 5.41) is 9.22. The molecule has 0 bridgehead atoms. The molecule has 64 valence electrons. The van der Waals surface area contributed by atoms with Crippen LogP contribution in [0.25, 0.3) is 6.08 Å². The predicted octanol–water partition coefficient (Wildman–Crippen LogP) is 3.11. The van der Waals surface area contributed by atoms with E-state index in [4.69, 9.17) is 16.7 Å². The minimum absolute atomic E-state index is 0.0558. The first-order valence-electron chi connectivity index (χ1n) is 3.46. The van der Waals surface area contributed by atoms with Gasteiger partial charge >= 0.3 is 0 Å². The summed E-state index contributed by atoms with van der Waals surface area (Å²) < 4.78 is 0.865. The summed E-state index contributed by atoms with van der Waals surface area (Å²) in [4.78, 5) is 0. The zero-order chi connectivity index (χ0) is 8.97.